The minimum absolute atomic E-state index is 0.0502. The monoisotopic (exact) mass is 376 g/mol. The maximum absolute atomic E-state index is 13.1. The molecule has 140 valence electrons. The Balaban J connectivity index is 1.59. The van der Waals surface area contributed by atoms with Gasteiger partial charge in [-0.3, -0.25) is 9.69 Å². The average Bonchev–Trinajstić information content (AvgIpc) is 2.96. The van der Waals surface area contributed by atoms with Crippen LogP contribution in [0.2, 0.25) is 0 Å². The van der Waals surface area contributed by atoms with E-state index in [1.165, 1.54) is 23.5 Å². The molecule has 1 N–H and O–H groups in total. The van der Waals surface area contributed by atoms with E-state index in [1.54, 1.807) is 12.1 Å². The van der Waals surface area contributed by atoms with E-state index < -0.39 is 0 Å². The highest BCUT2D eigenvalue weighted by atomic mass is 32.1. The van der Waals surface area contributed by atoms with Crippen molar-refractivity contribution < 1.29 is 9.18 Å². The van der Waals surface area contributed by atoms with Gasteiger partial charge in [0, 0.05) is 16.5 Å². The molecule has 1 aromatic heterocycles. The predicted octanol–water partition coefficient (Wildman–Crippen LogP) is 3.22. The fourth-order valence-corrected chi connectivity index (χ4v) is 4.13. The first-order valence-corrected chi connectivity index (χ1v) is 9.66. The van der Waals surface area contributed by atoms with Gasteiger partial charge in [0.2, 0.25) is 5.91 Å². The molecule has 1 saturated heterocycles. The van der Waals surface area contributed by atoms with E-state index in [9.17, 15) is 9.18 Å². The first-order chi connectivity index (χ1) is 12.4. The zero-order chi connectivity index (χ0) is 18.7. The number of likely N-dealkylation sites (tertiary alicyclic amines) is 1. The first-order valence-electron chi connectivity index (χ1n) is 8.84. The number of aryl methyl sites for hydroxylation is 1. The number of benzene rings is 1. The Bertz CT molecular complexity index is 753. The molecule has 0 atom stereocenters. The molecule has 1 aromatic carbocycles. The minimum atomic E-state index is -0.271. The molecule has 3 rings (SSSR count). The number of likely N-dealkylation sites (N-methyl/N-ethyl adjacent to an activating group) is 1. The maximum Gasteiger partial charge on any atom is 0.240 e. The molecule has 1 fully saturated rings. The zero-order valence-electron chi connectivity index (χ0n) is 15.5. The second kappa shape index (κ2) is 8.24. The summed E-state index contributed by atoms with van der Waals surface area (Å²) in [5.74, 6) is -0.321. The van der Waals surface area contributed by atoms with E-state index >= 15 is 0 Å². The van der Waals surface area contributed by atoms with E-state index in [4.69, 9.17) is 0 Å². The van der Waals surface area contributed by atoms with Crippen molar-refractivity contribution in [1.82, 2.24) is 14.8 Å². The molecule has 1 aliphatic rings. The number of hydrogen-bond donors (Lipinski definition) is 1. The third-order valence-electron chi connectivity index (χ3n) is 4.87. The largest absolute Gasteiger partial charge is 0.306 e. The van der Waals surface area contributed by atoms with Gasteiger partial charge in [0.05, 0.1) is 12.2 Å². The number of anilines is 1. The van der Waals surface area contributed by atoms with Crippen LogP contribution in [0.3, 0.4) is 0 Å². The number of nitrogens with zero attached hydrogens (tertiary/aromatic N) is 3. The van der Waals surface area contributed by atoms with Crippen LogP contribution >= 0.6 is 11.3 Å². The van der Waals surface area contributed by atoms with Gasteiger partial charge in [-0.2, -0.15) is 0 Å². The SMILES string of the molecule is Cc1sc(NC(=O)CN(C)C2CCN(C)CC2)nc1-c1ccc(F)cc1. The van der Waals surface area contributed by atoms with Crippen LogP contribution in [0.15, 0.2) is 24.3 Å². The van der Waals surface area contributed by atoms with E-state index in [0.717, 1.165) is 42.1 Å². The molecule has 0 spiro atoms. The number of halogens is 1. The topological polar surface area (TPSA) is 48.5 Å². The summed E-state index contributed by atoms with van der Waals surface area (Å²) in [6.45, 7) is 4.46. The lowest BCUT2D eigenvalue weighted by atomic mass is 10.0. The van der Waals surface area contributed by atoms with Crippen LogP contribution in [0, 0.1) is 12.7 Å². The fraction of sp³-hybridized carbons (Fsp3) is 0.474. The summed E-state index contributed by atoms with van der Waals surface area (Å²) < 4.78 is 13.1. The lowest BCUT2D eigenvalue weighted by molar-refractivity contribution is -0.117. The zero-order valence-corrected chi connectivity index (χ0v) is 16.3. The lowest BCUT2D eigenvalue weighted by Gasteiger charge is -2.34. The minimum Gasteiger partial charge on any atom is -0.306 e. The summed E-state index contributed by atoms with van der Waals surface area (Å²) in [4.78, 5) is 22.3. The standard InChI is InChI=1S/C19H25FN4OS/c1-13-18(14-4-6-15(20)7-5-14)22-19(26-13)21-17(25)12-24(3)16-8-10-23(2)11-9-16/h4-7,16H,8-12H2,1-3H3,(H,21,22,25). The predicted molar refractivity (Wildman–Crippen MR) is 104 cm³/mol. The average molecular weight is 377 g/mol. The number of aromatic nitrogens is 1. The molecule has 0 aliphatic carbocycles. The Labute approximate surface area is 157 Å². The van der Waals surface area contributed by atoms with Gasteiger partial charge < -0.3 is 10.2 Å². The number of thiazole rings is 1. The van der Waals surface area contributed by atoms with Gasteiger partial charge in [0.1, 0.15) is 5.82 Å². The molecule has 26 heavy (non-hydrogen) atoms. The van der Waals surface area contributed by atoms with Crippen molar-refractivity contribution in [3.05, 3.63) is 35.0 Å². The maximum atomic E-state index is 13.1. The molecule has 0 saturated carbocycles. The lowest BCUT2D eigenvalue weighted by Crippen LogP contribution is -2.44. The second-order valence-corrected chi connectivity index (χ2v) is 8.13. The van der Waals surface area contributed by atoms with Crippen molar-refractivity contribution in [1.29, 1.82) is 0 Å². The van der Waals surface area contributed by atoms with Crippen LogP contribution in [-0.4, -0.2) is 60.5 Å². The van der Waals surface area contributed by atoms with Crippen molar-refractivity contribution in [3.63, 3.8) is 0 Å². The third kappa shape index (κ3) is 4.66. The Hall–Kier alpha value is -1.83. The van der Waals surface area contributed by atoms with Crippen LogP contribution in [-0.2, 0) is 4.79 Å². The van der Waals surface area contributed by atoms with E-state index in [1.807, 2.05) is 14.0 Å². The van der Waals surface area contributed by atoms with Crippen LogP contribution in [0.25, 0.3) is 11.3 Å². The van der Waals surface area contributed by atoms with Gasteiger partial charge in [-0.25, -0.2) is 9.37 Å². The molecule has 7 heteroatoms. The molecule has 0 unspecified atom stereocenters. The summed E-state index contributed by atoms with van der Waals surface area (Å²) in [5, 5.41) is 3.49. The highest BCUT2D eigenvalue weighted by molar-refractivity contribution is 7.16. The van der Waals surface area contributed by atoms with E-state index in [2.05, 4.69) is 27.1 Å². The summed E-state index contributed by atoms with van der Waals surface area (Å²) in [7, 11) is 4.14. The normalized spacial score (nSPS) is 16.2. The molecule has 0 radical (unpaired) electrons. The van der Waals surface area contributed by atoms with Gasteiger partial charge in [0.25, 0.3) is 0 Å². The van der Waals surface area contributed by atoms with Crippen LogP contribution in [0.5, 0.6) is 0 Å². The third-order valence-corrected chi connectivity index (χ3v) is 5.75. The Morgan fingerprint density at radius 1 is 1.35 bits per heavy atom. The highest BCUT2D eigenvalue weighted by Gasteiger charge is 2.22. The van der Waals surface area contributed by atoms with Crippen LogP contribution < -0.4 is 5.32 Å². The number of piperidine rings is 1. The Kier molecular flexibility index (Phi) is 6.01. The molecular weight excluding hydrogens is 351 g/mol. The van der Waals surface area contributed by atoms with Gasteiger partial charge in [-0.05, 0) is 71.2 Å². The Morgan fingerprint density at radius 3 is 2.65 bits per heavy atom. The summed E-state index contributed by atoms with van der Waals surface area (Å²) in [6, 6.07) is 6.70. The van der Waals surface area contributed by atoms with E-state index in [0.29, 0.717) is 17.7 Å². The molecular formula is C19H25FN4OS. The second-order valence-electron chi connectivity index (χ2n) is 6.93. The smallest absolute Gasteiger partial charge is 0.240 e. The number of amides is 1. The van der Waals surface area contributed by atoms with Crippen molar-refractivity contribution >= 4 is 22.4 Å². The molecule has 1 aliphatic heterocycles. The molecule has 5 nitrogen and oxygen atoms in total. The van der Waals surface area contributed by atoms with Crippen LogP contribution in [0.1, 0.15) is 17.7 Å². The van der Waals surface area contributed by atoms with Gasteiger partial charge in [-0.15, -0.1) is 11.3 Å². The molecule has 2 heterocycles. The summed E-state index contributed by atoms with van der Waals surface area (Å²) >= 11 is 1.44. The van der Waals surface area contributed by atoms with Crippen molar-refractivity contribution in [3.8, 4) is 11.3 Å². The molecule has 1 amide bonds. The number of carbonyl (C=O) groups excluding carboxylic acids is 1. The van der Waals surface area contributed by atoms with Crippen molar-refractivity contribution in [2.75, 3.05) is 39.0 Å². The van der Waals surface area contributed by atoms with Gasteiger partial charge >= 0.3 is 0 Å². The Morgan fingerprint density at radius 2 is 2.00 bits per heavy atom. The first kappa shape index (κ1) is 18.9. The molecule has 0 bridgehead atoms. The van der Waals surface area contributed by atoms with Gasteiger partial charge in [0.15, 0.2) is 5.13 Å². The number of hydrogen-bond acceptors (Lipinski definition) is 5. The van der Waals surface area contributed by atoms with Crippen molar-refractivity contribution in [2.24, 2.45) is 0 Å². The molecule has 2 aromatic rings. The van der Waals surface area contributed by atoms with E-state index in [-0.39, 0.29) is 11.7 Å². The van der Waals surface area contributed by atoms with Gasteiger partial charge in [-0.1, -0.05) is 0 Å². The summed E-state index contributed by atoms with van der Waals surface area (Å²) in [5.41, 5.74) is 1.64. The number of rotatable bonds is 5. The summed E-state index contributed by atoms with van der Waals surface area (Å²) in [6.07, 6.45) is 2.18. The fourth-order valence-electron chi connectivity index (χ4n) is 3.28. The highest BCUT2D eigenvalue weighted by Crippen LogP contribution is 2.30. The van der Waals surface area contributed by atoms with Crippen LogP contribution in [0.4, 0.5) is 9.52 Å². The quantitative estimate of drug-likeness (QED) is 0.870. The van der Waals surface area contributed by atoms with Crippen molar-refractivity contribution in [2.45, 2.75) is 25.8 Å². The number of nitrogens with one attached hydrogen (secondary N) is 1. The number of carbonyl (C=O) groups is 1.